The molecular weight excluding hydrogens is 829 g/mol. The molecular formula is C61H110O6. The van der Waals surface area contributed by atoms with Crippen LogP contribution in [0.4, 0.5) is 0 Å². The smallest absolute Gasteiger partial charge is 0.306 e. The monoisotopic (exact) mass is 939 g/mol. The van der Waals surface area contributed by atoms with Gasteiger partial charge in [0, 0.05) is 19.3 Å². The summed E-state index contributed by atoms with van der Waals surface area (Å²) < 4.78 is 16.9. The number of esters is 3. The predicted molar refractivity (Wildman–Crippen MR) is 289 cm³/mol. The van der Waals surface area contributed by atoms with Gasteiger partial charge in [0.15, 0.2) is 6.10 Å². The van der Waals surface area contributed by atoms with Crippen LogP contribution in [0.2, 0.25) is 0 Å². The molecule has 0 amide bonds. The summed E-state index contributed by atoms with van der Waals surface area (Å²) in [6.07, 6.45) is 68.1. The standard InChI is InChI=1S/C61H110O6/c1-4-7-10-13-16-19-22-25-28-30-32-33-36-39-42-45-48-51-54-60(63)66-57-58(56-65-59(62)53-50-47-44-41-38-35-27-24-21-18-15-12-9-6-3)67-61(64)55-52-49-46-43-40-37-34-31-29-26-23-20-17-14-11-8-5-2/h9,12,18,21,28,30,32-33,58H,4-8,10-11,13-17,19-20,22-27,29,31,34-57H2,1-3H3/b12-9-,21-18-,30-28-,33-32-. The molecule has 0 bridgehead atoms. The summed E-state index contributed by atoms with van der Waals surface area (Å²) >= 11 is 0. The van der Waals surface area contributed by atoms with Crippen molar-refractivity contribution in [1.29, 1.82) is 0 Å². The van der Waals surface area contributed by atoms with Gasteiger partial charge in [0.05, 0.1) is 0 Å². The van der Waals surface area contributed by atoms with E-state index >= 15 is 0 Å². The van der Waals surface area contributed by atoms with Crippen molar-refractivity contribution in [1.82, 2.24) is 0 Å². The Labute approximate surface area is 416 Å². The van der Waals surface area contributed by atoms with E-state index in [0.717, 1.165) is 96.3 Å². The third-order valence-electron chi connectivity index (χ3n) is 12.8. The minimum Gasteiger partial charge on any atom is -0.462 e. The van der Waals surface area contributed by atoms with Crippen LogP contribution in [0.3, 0.4) is 0 Å². The molecule has 0 saturated carbocycles. The first-order valence-corrected chi connectivity index (χ1v) is 29.2. The first-order chi connectivity index (χ1) is 33.0. The molecule has 1 atom stereocenters. The molecule has 0 N–H and O–H groups in total. The summed E-state index contributed by atoms with van der Waals surface area (Å²) in [5, 5.41) is 0. The zero-order valence-corrected chi connectivity index (χ0v) is 44.7. The van der Waals surface area contributed by atoms with Gasteiger partial charge >= 0.3 is 17.9 Å². The van der Waals surface area contributed by atoms with E-state index in [4.69, 9.17) is 14.2 Å². The Hall–Kier alpha value is -2.63. The summed E-state index contributed by atoms with van der Waals surface area (Å²) in [5.41, 5.74) is 0. The number of carbonyl (C=O) groups is 3. The van der Waals surface area contributed by atoms with Gasteiger partial charge < -0.3 is 14.2 Å². The summed E-state index contributed by atoms with van der Waals surface area (Å²) in [7, 11) is 0. The van der Waals surface area contributed by atoms with Gasteiger partial charge in [0.2, 0.25) is 0 Å². The van der Waals surface area contributed by atoms with E-state index in [1.807, 2.05) is 0 Å². The van der Waals surface area contributed by atoms with E-state index in [1.165, 1.54) is 167 Å². The van der Waals surface area contributed by atoms with Crippen LogP contribution in [-0.4, -0.2) is 37.2 Å². The fraction of sp³-hybridized carbons (Fsp3) is 0.820. The molecule has 67 heavy (non-hydrogen) atoms. The van der Waals surface area contributed by atoms with Gasteiger partial charge in [-0.1, -0.05) is 262 Å². The summed E-state index contributed by atoms with van der Waals surface area (Å²) in [4.78, 5) is 38.2. The predicted octanol–water partition coefficient (Wildman–Crippen LogP) is 19.4. The van der Waals surface area contributed by atoms with Crippen molar-refractivity contribution in [3.63, 3.8) is 0 Å². The number of unbranched alkanes of at least 4 members (excludes halogenated alkanes) is 35. The lowest BCUT2D eigenvalue weighted by Crippen LogP contribution is -2.30. The largest absolute Gasteiger partial charge is 0.462 e. The first-order valence-electron chi connectivity index (χ1n) is 29.2. The van der Waals surface area contributed by atoms with Gasteiger partial charge in [-0.3, -0.25) is 14.4 Å². The number of allylic oxidation sites excluding steroid dienone is 8. The van der Waals surface area contributed by atoms with Crippen LogP contribution in [0.5, 0.6) is 0 Å². The fourth-order valence-electron chi connectivity index (χ4n) is 8.47. The minimum absolute atomic E-state index is 0.0797. The first kappa shape index (κ1) is 64.4. The van der Waals surface area contributed by atoms with E-state index < -0.39 is 6.10 Å². The van der Waals surface area contributed by atoms with E-state index in [-0.39, 0.29) is 31.1 Å². The van der Waals surface area contributed by atoms with Crippen molar-refractivity contribution in [3.05, 3.63) is 48.6 Å². The van der Waals surface area contributed by atoms with Crippen LogP contribution in [0.25, 0.3) is 0 Å². The third kappa shape index (κ3) is 54.2. The quantitative estimate of drug-likeness (QED) is 0.0199. The number of hydrogen-bond acceptors (Lipinski definition) is 6. The van der Waals surface area contributed by atoms with Crippen LogP contribution in [0, 0.1) is 0 Å². The molecule has 1 unspecified atom stereocenters. The molecule has 0 heterocycles. The number of carbonyl (C=O) groups excluding carboxylic acids is 3. The van der Waals surface area contributed by atoms with Crippen molar-refractivity contribution >= 4 is 17.9 Å². The molecule has 0 aliphatic rings. The van der Waals surface area contributed by atoms with Crippen LogP contribution in [-0.2, 0) is 28.6 Å². The van der Waals surface area contributed by atoms with Gasteiger partial charge in [-0.15, -0.1) is 0 Å². The van der Waals surface area contributed by atoms with Crippen LogP contribution < -0.4 is 0 Å². The minimum atomic E-state index is -0.780. The van der Waals surface area contributed by atoms with Gasteiger partial charge in [-0.05, 0) is 70.6 Å². The second kappa shape index (κ2) is 56.0. The molecule has 390 valence electrons. The second-order valence-electron chi connectivity index (χ2n) is 19.6. The number of hydrogen-bond donors (Lipinski definition) is 0. The molecule has 0 aliphatic carbocycles. The summed E-state index contributed by atoms with van der Waals surface area (Å²) in [6.45, 7) is 6.55. The van der Waals surface area contributed by atoms with Gasteiger partial charge in [-0.2, -0.15) is 0 Å². The average molecular weight is 940 g/mol. The lowest BCUT2D eigenvalue weighted by Gasteiger charge is -2.18. The van der Waals surface area contributed by atoms with Crippen molar-refractivity contribution in [2.45, 2.75) is 309 Å². The molecule has 0 rings (SSSR count). The Morgan fingerprint density at radius 2 is 0.627 bits per heavy atom. The van der Waals surface area contributed by atoms with E-state index in [2.05, 4.69) is 69.4 Å². The molecule has 0 aromatic rings. The van der Waals surface area contributed by atoms with E-state index in [1.54, 1.807) is 0 Å². The maximum Gasteiger partial charge on any atom is 0.306 e. The molecule has 6 nitrogen and oxygen atoms in total. The highest BCUT2D eigenvalue weighted by Gasteiger charge is 2.19. The normalized spacial score (nSPS) is 12.3. The Bertz CT molecular complexity index is 1170. The molecule has 0 aliphatic heterocycles. The Morgan fingerprint density at radius 3 is 0.985 bits per heavy atom. The zero-order chi connectivity index (χ0) is 48.6. The summed E-state index contributed by atoms with van der Waals surface area (Å²) in [6, 6.07) is 0. The molecule has 0 fully saturated rings. The SMILES string of the molecule is CC/C=C\C/C=C\CCCCCCCCCC(=O)OCC(COC(=O)CCCCCCC/C=C\C=C/CCCCCCCCC)OC(=O)CCCCCCCCCCCCCCCCCCC. The number of ether oxygens (including phenoxy) is 3. The molecule has 0 aromatic heterocycles. The van der Waals surface area contributed by atoms with E-state index in [0.29, 0.717) is 19.3 Å². The van der Waals surface area contributed by atoms with Crippen LogP contribution in [0.15, 0.2) is 48.6 Å². The van der Waals surface area contributed by atoms with Crippen molar-refractivity contribution in [2.75, 3.05) is 13.2 Å². The maximum atomic E-state index is 12.9. The molecule has 0 spiro atoms. The van der Waals surface area contributed by atoms with Gasteiger partial charge in [-0.25, -0.2) is 0 Å². The molecule has 0 aromatic carbocycles. The van der Waals surface area contributed by atoms with Crippen molar-refractivity contribution in [2.24, 2.45) is 0 Å². The topological polar surface area (TPSA) is 78.9 Å². The van der Waals surface area contributed by atoms with Crippen molar-refractivity contribution in [3.8, 4) is 0 Å². The zero-order valence-electron chi connectivity index (χ0n) is 44.7. The highest BCUT2D eigenvalue weighted by molar-refractivity contribution is 5.71. The Kier molecular flexibility index (Phi) is 53.8. The second-order valence-corrected chi connectivity index (χ2v) is 19.6. The molecule has 0 radical (unpaired) electrons. The summed E-state index contributed by atoms with van der Waals surface area (Å²) in [5.74, 6) is -0.887. The molecule has 6 heteroatoms. The van der Waals surface area contributed by atoms with Crippen molar-refractivity contribution < 1.29 is 28.6 Å². The van der Waals surface area contributed by atoms with Crippen LogP contribution >= 0.6 is 0 Å². The Morgan fingerprint density at radius 1 is 0.328 bits per heavy atom. The number of rotatable bonds is 53. The average Bonchev–Trinajstić information content (AvgIpc) is 3.33. The highest BCUT2D eigenvalue weighted by Crippen LogP contribution is 2.16. The van der Waals surface area contributed by atoms with Gasteiger partial charge in [0.1, 0.15) is 13.2 Å². The van der Waals surface area contributed by atoms with Gasteiger partial charge in [0.25, 0.3) is 0 Å². The lowest BCUT2D eigenvalue weighted by atomic mass is 10.0. The lowest BCUT2D eigenvalue weighted by molar-refractivity contribution is -0.167. The fourth-order valence-corrected chi connectivity index (χ4v) is 8.47. The molecule has 0 saturated heterocycles. The van der Waals surface area contributed by atoms with Crippen LogP contribution in [0.1, 0.15) is 303 Å². The maximum absolute atomic E-state index is 12.9. The third-order valence-corrected chi connectivity index (χ3v) is 12.8. The Balaban J connectivity index is 4.37. The highest BCUT2D eigenvalue weighted by atomic mass is 16.6. The van der Waals surface area contributed by atoms with E-state index in [9.17, 15) is 14.4 Å².